The summed E-state index contributed by atoms with van der Waals surface area (Å²) in [4.78, 5) is 14.3. The first-order valence-electron chi connectivity index (χ1n) is 6.82. The molecule has 2 heterocycles. The van der Waals surface area contributed by atoms with Gasteiger partial charge in [-0.2, -0.15) is 0 Å². The Balaban J connectivity index is 2.04. The van der Waals surface area contributed by atoms with E-state index in [0.29, 0.717) is 6.61 Å². The molecule has 0 radical (unpaired) electrons. The second kappa shape index (κ2) is 4.61. The smallest absolute Gasteiger partial charge is 0.278 e. The lowest BCUT2D eigenvalue weighted by Gasteiger charge is -2.42. The first-order valence-corrected chi connectivity index (χ1v) is 9.73. The van der Waals surface area contributed by atoms with Gasteiger partial charge in [-0.1, -0.05) is 20.8 Å². The van der Waals surface area contributed by atoms with E-state index in [9.17, 15) is 4.79 Å². The number of hydrogen-bond donors (Lipinski definition) is 0. The molecule has 0 aromatic carbocycles. The van der Waals surface area contributed by atoms with Gasteiger partial charge in [0, 0.05) is 6.54 Å². The van der Waals surface area contributed by atoms with E-state index in [0.717, 1.165) is 19.4 Å². The lowest BCUT2D eigenvalue weighted by molar-refractivity contribution is -0.184. The molecule has 0 saturated carbocycles. The number of carbonyl (C=O) groups is 1. The number of hydrogen-bond acceptors (Lipinski definition) is 3. The monoisotopic (exact) mass is 271 g/mol. The predicted molar refractivity (Wildman–Crippen MR) is 72.8 cm³/mol. The molecule has 0 aromatic heterocycles. The molecule has 1 amide bonds. The summed E-state index contributed by atoms with van der Waals surface area (Å²) < 4.78 is 11.7. The molecule has 0 spiro atoms. The van der Waals surface area contributed by atoms with Gasteiger partial charge < -0.3 is 14.1 Å². The molecule has 0 N–H and O–H groups in total. The van der Waals surface area contributed by atoms with Crippen LogP contribution in [0.3, 0.4) is 0 Å². The van der Waals surface area contributed by atoms with Crippen molar-refractivity contribution in [2.45, 2.75) is 64.1 Å². The summed E-state index contributed by atoms with van der Waals surface area (Å²) in [5.74, 6) is 0.0357. The zero-order valence-electron chi connectivity index (χ0n) is 12.2. The normalized spacial score (nSPS) is 29.6. The summed E-state index contributed by atoms with van der Waals surface area (Å²) >= 11 is 0. The highest BCUT2D eigenvalue weighted by Crippen LogP contribution is 2.38. The molecule has 2 aliphatic heterocycles. The van der Waals surface area contributed by atoms with Gasteiger partial charge in [-0.15, -0.1) is 0 Å². The van der Waals surface area contributed by atoms with Crippen LogP contribution >= 0.6 is 0 Å². The number of morpholine rings is 1. The van der Waals surface area contributed by atoms with Gasteiger partial charge >= 0.3 is 0 Å². The molecule has 0 bridgehead atoms. The summed E-state index contributed by atoms with van der Waals surface area (Å²) in [6.45, 7) is 12.3. The van der Waals surface area contributed by atoms with Crippen molar-refractivity contribution in [2.24, 2.45) is 0 Å². The quantitative estimate of drug-likeness (QED) is 0.724. The predicted octanol–water partition coefficient (Wildman–Crippen LogP) is 2.36. The fourth-order valence-corrected chi connectivity index (χ4v) is 3.29. The van der Waals surface area contributed by atoms with Crippen LogP contribution in [0.2, 0.25) is 18.1 Å². The topological polar surface area (TPSA) is 38.8 Å². The molecule has 2 aliphatic rings. The van der Waals surface area contributed by atoms with E-state index in [1.165, 1.54) is 0 Å². The zero-order valence-corrected chi connectivity index (χ0v) is 13.2. The molecule has 0 aliphatic carbocycles. The Morgan fingerprint density at radius 2 is 2.06 bits per heavy atom. The number of ether oxygens (including phenoxy) is 1. The fraction of sp³-hybridized carbons (Fsp3) is 0.923. The van der Waals surface area contributed by atoms with Crippen LogP contribution in [0, 0.1) is 0 Å². The fourth-order valence-electron chi connectivity index (χ4n) is 2.23. The molecule has 2 fully saturated rings. The third-order valence-electron chi connectivity index (χ3n) is 4.51. The Kier molecular flexibility index (Phi) is 3.60. The van der Waals surface area contributed by atoms with E-state index in [-0.39, 0.29) is 17.0 Å². The maximum absolute atomic E-state index is 12.3. The number of amides is 1. The molecule has 18 heavy (non-hydrogen) atoms. The number of fused-ring (bicyclic) bond motifs is 1. The Morgan fingerprint density at radius 3 is 2.67 bits per heavy atom. The first kappa shape index (κ1) is 14.0. The molecule has 5 heteroatoms. The summed E-state index contributed by atoms with van der Waals surface area (Å²) in [5.41, 5.74) is 0. The summed E-state index contributed by atoms with van der Waals surface area (Å²) in [7, 11) is -1.95. The van der Waals surface area contributed by atoms with Crippen LogP contribution in [-0.4, -0.2) is 44.6 Å². The van der Waals surface area contributed by atoms with Crippen molar-refractivity contribution in [3.63, 3.8) is 0 Å². The van der Waals surface area contributed by atoms with E-state index in [1.807, 2.05) is 4.90 Å². The van der Waals surface area contributed by atoms with Gasteiger partial charge in [0.05, 0.1) is 12.6 Å². The van der Waals surface area contributed by atoms with E-state index in [2.05, 4.69) is 33.9 Å². The highest BCUT2D eigenvalue weighted by Gasteiger charge is 2.45. The summed E-state index contributed by atoms with van der Waals surface area (Å²) in [5, 5.41) is 0.0957. The van der Waals surface area contributed by atoms with Gasteiger partial charge in [-0.3, -0.25) is 4.79 Å². The molecule has 2 saturated heterocycles. The van der Waals surface area contributed by atoms with Crippen molar-refractivity contribution in [1.29, 1.82) is 0 Å². The number of rotatable bonds is 2. The van der Waals surface area contributed by atoms with Crippen LogP contribution < -0.4 is 0 Å². The highest BCUT2D eigenvalue weighted by molar-refractivity contribution is 6.74. The Labute approximate surface area is 111 Å². The van der Waals surface area contributed by atoms with Crippen molar-refractivity contribution < 1.29 is 14.0 Å². The average molecular weight is 271 g/mol. The van der Waals surface area contributed by atoms with Crippen molar-refractivity contribution in [3.05, 3.63) is 0 Å². The molecular weight excluding hydrogens is 246 g/mol. The van der Waals surface area contributed by atoms with Gasteiger partial charge in [0.2, 0.25) is 6.29 Å². The molecular formula is C13H25NO3Si. The Morgan fingerprint density at radius 1 is 1.39 bits per heavy atom. The van der Waals surface area contributed by atoms with Crippen molar-refractivity contribution in [1.82, 2.24) is 4.90 Å². The van der Waals surface area contributed by atoms with Crippen LogP contribution in [0.4, 0.5) is 0 Å². The maximum atomic E-state index is 12.3. The summed E-state index contributed by atoms with van der Waals surface area (Å²) in [6.07, 6.45) is 1.49. The standard InChI is InChI=1S/C13H25NO3Si/c1-13(2,3)18(4,5)17-12-11(15)14-8-6-7-10(14)9-16-12/h10,12H,6-9H2,1-5H3/t10-,12+/m0/s1. The van der Waals surface area contributed by atoms with Gasteiger partial charge in [-0.05, 0) is 31.0 Å². The molecule has 0 unspecified atom stereocenters. The van der Waals surface area contributed by atoms with Crippen LogP contribution in [0.1, 0.15) is 33.6 Å². The van der Waals surface area contributed by atoms with E-state index in [4.69, 9.17) is 9.16 Å². The lowest BCUT2D eigenvalue weighted by atomic mass is 10.2. The van der Waals surface area contributed by atoms with Crippen molar-refractivity contribution in [3.8, 4) is 0 Å². The second-order valence-corrected chi connectivity index (χ2v) is 11.6. The van der Waals surface area contributed by atoms with E-state index in [1.54, 1.807) is 0 Å². The van der Waals surface area contributed by atoms with Crippen molar-refractivity contribution >= 4 is 14.2 Å². The first-order chi connectivity index (χ1) is 8.22. The van der Waals surface area contributed by atoms with E-state index < -0.39 is 14.6 Å². The molecule has 2 rings (SSSR count). The minimum atomic E-state index is -1.95. The Bertz CT molecular complexity index is 338. The van der Waals surface area contributed by atoms with Gasteiger partial charge in [0.15, 0.2) is 8.32 Å². The van der Waals surface area contributed by atoms with Crippen LogP contribution in [-0.2, 0) is 14.0 Å². The van der Waals surface area contributed by atoms with Gasteiger partial charge in [-0.25, -0.2) is 0 Å². The molecule has 2 atom stereocenters. The molecule has 4 nitrogen and oxygen atoms in total. The lowest BCUT2D eigenvalue weighted by Crippen LogP contribution is -2.56. The van der Waals surface area contributed by atoms with Crippen molar-refractivity contribution in [2.75, 3.05) is 13.2 Å². The minimum absolute atomic E-state index is 0.0357. The zero-order chi connectivity index (χ0) is 13.6. The second-order valence-electron chi connectivity index (χ2n) is 6.87. The van der Waals surface area contributed by atoms with Crippen LogP contribution in [0.15, 0.2) is 0 Å². The van der Waals surface area contributed by atoms with Gasteiger partial charge in [0.1, 0.15) is 0 Å². The highest BCUT2D eigenvalue weighted by atomic mass is 28.4. The maximum Gasteiger partial charge on any atom is 0.278 e. The van der Waals surface area contributed by atoms with Crippen LogP contribution in [0.25, 0.3) is 0 Å². The van der Waals surface area contributed by atoms with E-state index >= 15 is 0 Å². The average Bonchev–Trinajstić information content (AvgIpc) is 2.69. The summed E-state index contributed by atoms with van der Waals surface area (Å²) in [6, 6.07) is 0.289. The Hall–Kier alpha value is -0.393. The third kappa shape index (κ3) is 2.48. The largest absolute Gasteiger partial charge is 0.385 e. The van der Waals surface area contributed by atoms with Crippen LogP contribution in [0.5, 0.6) is 0 Å². The molecule has 0 aromatic rings. The number of carbonyl (C=O) groups excluding carboxylic acids is 1. The minimum Gasteiger partial charge on any atom is -0.385 e. The SMILES string of the molecule is CC(C)(C)[Si](C)(C)O[C@H]1OC[C@@H]2CCCN2C1=O. The third-order valence-corrected chi connectivity index (χ3v) is 8.93. The number of nitrogens with zero attached hydrogens (tertiary/aromatic N) is 1. The molecule has 104 valence electrons. The van der Waals surface area contributed by atoms with Gasteiger partial charge in [0.25, 0.3) is 5.91 Å².